The number of aliphatic hydroxyl groups is 1. The molecule has 1 fully saturated rings. The molecule has 1 heterocycles. The molecule has 0 amide bonds. The van der Waals surface area contributed by atoms with Gasteiger partial charge in [0.2, 0.25) is 0 Å². The molecule has 19 heavy (non-hydrogen) atoms. The number of hydrogen-bond donors (Lipinski definition) is 1. The van der Waals surface area contributed by atoms with E-state index in [0.717, 1.165) is 12.0 Å². The molecule has 1 saturated heterocycles. The van der Waals surface area contributed by atoms with Gasteiger partial charge in [0.15, 0.2) is 5.78 Å². The molecule has 0 spiro atoms. The number of rotatable bonds is 3. The molecule has 1 aliphatic heterocycles. The molecule has 2 rings (SSSR count). The first-order valence-corrected chi connectivity index (χ1v) is 7.02. The van der Waals surface area contributed by atoms with Crippen LogP contribution in [0.2, 0.25) is 0 Å². The summed E-state index contributed by atoms with van der Waals surface area (Å²) in [7, 11) is 0. The van der Waals surface area contributed by atoms with Gasteiger partial charge in [0.25, 0.3) is 0 Å². The number of Topliss-reactive ketones (excluding diaryl/α,β-unsaturated/α-hetero) is 1. The second-order valence-corrected chi connectivity index (χ2v) is 6.54. The van der Waals surface area contributed by atoms with E-state index >= 15 is 0 Å². The Hall–Kier alpha value is -0.930. The van der Waals surface area contributed by atoms with Crippen LogP contribution in [0.25, 0.3) is 0 Å². The van der Waals surface area contributed by atoms with Crippen LogP contribution < -0.4 is 0 Å². The number of carbonyl (C=O) groups excluding carboxylic acids is 1. The van der Waals surface area contributed by atoms with Gasteiger partial charge >= 0.3 is 0 Å². The van der Waals surface area contributed by atoms with E-state index in [1.165, 1.54) is 5.57 Å². The predicted octanol–water partition coefficient (Wildman–Crippen LogP) is 2.79. The highest BCUT2D eigenvalue weighted by atomic mass is 16.5. The first-order valence-electron chi connectivity index (χ1n) is 7.02. The van der Waals surface area contributed by atoms with Crippen LogP contribution in [0.4, 0.5) is 0 Å². The fraction of sp³-hybridized carbons (Fsp3) is 0.688. The van der Waals surface area contributed by atoms with Gasteiger partial charge in [-0.2, -0.15) is 0 Å². The van der Waals surface area contributed by atoms with E-state index in [2.05, 4.69) is 6.08 Å². The van der Waals surface area contributed by atoms with Gasteiger partial charge in [-0.25, -0.2) is 0 Å². The number of ketones is 1. The fourth-order valence-corrected chi connectivity index (χ4v) is 2.75. The van der Waals surface area contributed by atoms with E-state index in [4.69, 9.17) is 4.74 Å². The van der Waals surface area contributed by atoms with Crippen molar-refractivity contribution in [1.29, 1.82) is 0 Å². The molecule has 0 aromatic heterocycles. The molecular weight excluding hydrogens is 240 g/mol. The van der Waals surface area contributed by atoms with Crippen molar-refractivity contribution < 1.29 is 14.6 Å². The lowest BCUT2D eigenvalue weighted by Crippen LogP contribution is -2.35. The van der Waals surface area contributed by atoms with E-state index in [-0.39, 0.29) is 23.9 Å². The van der Waals surface area contributed by atoms with Gasteiger partial charge < -0.3 is 9.84 Å². The third-order valence-corrected chi connectivity index (χ3v) is 3.99. The molecule has 3 nitrogen and oxygen atoms in total. The highest BCUT2D eigenvalue weighted by molar-refractivity contribution is 5.96. The molecule has 0 aromatic rings. The van der Waals surface area contributed by atoms with E-state index in [1.807, 2.05) is 19.9 Å². The Morgan fingerprint density at radius 3 is 2.79 bits per heavy atom. The predicted molar refractivity (Wildman–Crippen MR) is 74.8 cm³/mol. The van der Waals surface area contributed by atoms with Crippen molar-refractivity contribution in [3.05, 3.63) is 23.3 Å². The van der Waals surface area contributed by atoms with E-state index in [1.54, 1.807) is 13.8 Å². The number of fused-ring (bicyclic) bond motifs is 1. The number of carbonyl (C=O) groups is 1. The monoisotopic (exact) mass is 264 g/mol. The molecule has 1 N–H and O–H groups in total. The lowest BCUT2D eigenvalue weighted by Gasteiger charge is -2.25. The lowest BCUT2D eigenvalue weighted by molar-refractivity contribution is -0.117. The van der Waals surface area contributed by atoms with Gasteiger partial charge in [-0.3, -0.25) is 4.79 Å². The van der Waals surface area contributed by atoms with Crippen LogP contribution in [0.3, 0.4) is 0 Å². The summed E-state index contributed by atoms with van der Waals surface area (Å²) in [6.07, 6.45) is 5.89. The van der Waals surface area contributed by atoms with Crippen LogP contribution in [0, 0.1) is 5.92 Å². The van der Waals surface area contributed by atoms with Crippen molar-refractivity contribution in [2.24, 2.45) is 5.92 Å². The van der Waals surface area contributed by atoms with E-state index < -0.39 is 5.60 Å². The van der Waals surface area contributed by atoms with Crippen LogP contribution in [0.5, 0.6) is 0 Å². The van der Waals surface area contributed by atoms with Crippen LogP contribution >= 0.6 is 0 Å². The Labute approximate surface area is 115 Å². The summed E-state index contributed by atoms with van der Waals surface area (Å²) < 4.78 is 5.92. The Bertz CT molecular complexity index is 422. The van der Waals surface area contributed by atoms with Crippen molar-refractivity contribution >= 4 is 5.78 Å². The van der Waals surface area contributed by atoms with Gasteiger partial charge in [0, 0.05) is 6.42 Å². The second-order valence-electron chi connectivity index (χ2n) is 6.54. The molecule has 106 valence electrons. The average molecular weight is 264 g/mol. The largest absolute Gasteiger partial charge is 0.388 e. The molecule has 0 aromatic carbocycles. The summed E-state index contributed by atoms with van der Waals surface area (Å²) >= 11 is 0. The Balaban J connectivity index is 2.11. The smallest absolute Gasteiger partial charge is 0.159 e. The Kier molecular flexibility index (Phi) is 3.98. The van der Waals surface area contributed by atoms with Gasteiger partial charge in [-0.1, -0.05) is 11.6 Å². The zero-order chi connectivity index (χ0) is 14.2. The summed E-state index contributed by atoms with van der Waals surface area (Å²) in [6, 6.07) is 0. The highest BCUT2D eigenvalue weighted by Gasteiger charge is 2.43. The number of hydrogen-bond acceptors (Lipinski definition) is 3. The molecule has 3 heteroatoms. The number of allylic oxidation sites excluding steroid dienone is 3. The molecule has 0 radical (unpaired) electrons. The van der Waals surface area contributed by atoms with Gasteiger partial charge in [-0.15, -0.1) is 0 Å². The van der Waals surface area contributed by atoms with Crippen LogP contribution in [0.1, 0.15) is 47.0 Å². The summed E-state index contributed by atoms with van der Waals surface area (Å²) in [6.45, 7) is 7.61. The molecule has 3 atom stereocenters. The summed E-state index contributed by atoms with van der Waals surface area (Å²) in [5, 5.41) is 10.0. The summed E-state index contributed by atoms with van der Waals surface area (Å²) in [5.41, 5.74) is 1.24. The summed E-state index contributed by atoms with van der Waals surface area (Å²) in [4.78, 5) is 12.1. The fourth-order valence-electron chi connectivity index (χ4n) is 2.75. The van der Waals surface area contributed by atoms with E-state index in [0.29, 0.717) is 12.8 Å². The summed E-state index contributed by atoms with van der Waals surface area (Å²) in [5.74, 6) is 0.470. The zero-order valence-electron chi connectivity index (χ0n) is 12.3. The Morgan fingerprint density at radius 1 is 1.53 bits per heavy atom. The molecule has 0 saturated carbocycles. The third-order valence-electron chi connectivity index (χ3n) is 3.99. The zero-order valence-corrected chi connectivity index (χ0v) is 12.3. The molecule has 2 aliphatic rings. The van der Waals surface area contributed by atoms with Crippen molar-refractivity contribution in [2.45, 2.75) is 64.8 Å². The minimum absolute atomic E-state index is 0.00492. The van der Waals surface area contributed by atoms with Crippen LogP contribution in [0.15, 0.2) is 23.3 Å². The van der Waals surface area contributed by atoms with Crippen LogP contribution in [-0.2, 0) is 9.53 Å². The lowest BCUT2D eigenvalue weighted by atomic mass is 9.82. The average Bonchev–Trinajstić information content (AvgIpc) is 2.68. The first kappa shape index (κ1) is 14.5. The second kappa shape index (κ2) is 5.22. The molecule has 0 bridgehead atoms. The third kappa shape index (κ3) is 3.34. The maximum absolute atomic E-state index is 12.1. The molecule has 1 aliphatic carbocycles. The molecule has 0 unspecified atom stereocenters. The maximum Gasteiger partial charge on any atom is 0.159 e. The van der Waals surface area contributed by atoms with Crippen LogP contribution in [-0.4, -0.2) is 28.7 Å². The number of ether oxygens (including phenoxy) is 1. The maximum atomic E-state index is 12.1. The standard InChI is InChI=1S/C16H24O3/c1-10(2)5-6-11-8-14-12(7-13(11)17)9-15(19-14)16(3,4)18/h5,8,12,14-15,18H,6-7,9H2,1-4H3/t12-,14+,15-/m1/s1. The topological polar surface area (TPSA) is 46.5 Å². The Morgan fingerprint density at radius 2 is 2.21 bits per heavy atom. The van der Waals surface area contributed by atoms with E-state index in [9.17, 15) is 9.90 Å². The van der Waals surface area contributed by atoms with Crippen molar-refractivity contribution in [3.63, 3.8) is 0 Å². The minimum atomic E-state index is -0.839. The van der Waals surface area contributed by atoms with Crippen molar-refractivity contribution in [2.75, 3.05) is 0 Å². The van der Waals surface area contributed by atoms with Crippen molar-refractivity contribution in [3.8, 4) is 0 Å². The quantitative estimate of drug-likeness (QED) is 0.797. The SMILES string of the molecule is CC(C)=CCC1=C[C@@H]2O[C@@H](C(C)(C)O)C[C@H]2CC1=O. The van der Waals surface area contributed by atoms with Gasteiger partial charge in [-0.05, 0) is 58.1 Å². The first-order chi connectivity index (χ1) is 8.77. The minimum Gasteiger partial charge on any atom is -0.388 e. The molecular formula is C16H24O3. The highest BCUT2D eigenvalue weighted by Crippen LogP contribution is 2.39. The van der Waals surface area contributed by atoms with Crippen molar-refractivity contribution in [1.82, 2.24) is 0 Å². The van der Waals surface area contributed by atoms with Gasteiger partial charge in [0.05, 0.1) is 17.8 Å². The normalized spacial score (nSPS) is 30.9. The van der Waals surface area contributed by atoms with Gasteiger partial charge in [0.1, 0.15) is 0 Å².